The van der Waals surface area contributed by atoms with Gasteiger partial charge in [0.15, 0.2) is 0 Å². The molecule has 1 fully saturated rings. The van der Waals surface area contributed by atoms with Crippen LogP contribution in [-0.2, 0) is 6.42 Å². The topological polar surface area (TPSA) is 19.0 Å². The molecule has 22 heavy (non-hydrogen) atoms. The zero-order valence-corrected chi connectivity index (χ0v) is 14.5. The summed E-state index contributed by atoms with van der Waals surface area (Å²) in [6.07, 6.45) is 8.37. The Morgan fingerprint density at radius 3 is 3.09 bits per heavy atom. The third-order valence-electron chi connectivity index (χ3n) is 5.57. The molecule has 1 aliphatic carbocycles. The summed E-state index contributed by atoms with van der Waals surface area (Å²) in [4.78, 5) is 6.29. The molecule has 3 atom stereocenters. The van der Waals surface area contributed by atoms with Gasteiger partial charge in [-0.15, -0.1) is 0 Å². The van der Waals surface area contributed by atoms with E-state index in [0.29, 0.717) is 6.04 Å². The summed E-state index contributed by atoms with van der Waals surface area (Å²) >= 11 is 2.01. The maximum atomic E-state index is 3.49. The van der Waals surface area contributed by atoms with E-state index in [9.17, 15) is 0 Å². The van der Waals surface area contributed by atoms with Crippen LogP contribution < -0.4 is 0 Å². The van der Waals surface area contributed by atoms with Crippen LogP contribution in [0.2, 0.25) is 0 Å². The van der Waals surface area contributed by atoms with Gasteiger partial charge in [0.2, 0.25) is 0 Å². The highest BCUT2D eigenvalue weighted by Crippen LogP contribution is 2.45. The molecular weight excluding hydrogens is 288 g/mol. The lowest BCUT2D eigenvalue weighted by Gasteiger charge is -2.47. The second kappa shape index (κ2) is 5.93. The molecule has 0 spiro atoms. The van der Waals surface area contributed by atoms with E-state index in [0.717, 1.165) is 11.8 Å². The van der Waals surface area contributed by atoms with E-state index in [4.69, 9.17) is 0 Å². The molecule has 0 amide bonds. The second-order valence-electron chi connectivity index (χ2n) is 7.01. The summed E-state index contributed by atoms with van der Waals surface area (Å²) in [6, 6.07) is 7.58. The fraction of sp³-hybridized carbons (Fsp3) is 0.579. The van der Waals surface area contributed by atoms with Crippen molar-refractivity contribution in [1.29, 1.82) is 0 Å². The summed E-state index contributed by atoms with van der Waals surface area (Å²) < 4.78 is 0. The Bertz CT molecular complexity index is 662. The number of aromatic amines is 1. The zero-order valence-electron chi connectivity index (χ0n) is 13.6. The first-order valence-corrected chi connectivity index (χ1v) is 10.0. The molecule has 2 unspecified atom stereocenters. The van der Waals surface area contributed by atoms with Gasteiger partial charge in [-0.2, -0.15) is 11.8 Å². The molecule has 4 rings (SSSR count). The predicted molar refractivity (Wildman–Crippen MR) is 96.9 cm³/mol. The lowest BCUT2D eigenvalue weighted by molar-refractivity contribution is 0.0926. The molecule has 2 heterocycles. The highest BCUT2D eigenvalue weighted by atomic mass is 32.2. The second-order valence-corrected chi connectivity index (χ2v) is 7.92. The van der Waals surface area contributed by atoms with Gasteiger partial charge in [-0.05, 0) is 60.9 Å². The van der Waals surface area contributed by atoms with E-state index in [1.807, 2.05) is 11.8 Å². The van der Waals surface area contributed by atoms with Crippen LogP contribution in [0.1, 0.15) is 36.8 Å². The SMILES string of the molecule is CCCN1C[C@H](CSC)CC2c3cccc4[nH]cc(c34)CC21. The molecule has 2 aliphatic rings. The third kappa shape index (κ3) is 2.30. The van der Waals surface area contributed by atoms with Gasteiger partial charge < -0.3 is 4.98 Å². The van der Waals surface area contributed by atoms with Gasteiger partial charge >= 0.3 is 0 Å². The molecule has 1 N–H and O–H groups in total. The molecular formula is C19H26N2S. The van der Waals surface area contributed by atoms with Crippen molar-refractivity contribution in [2.45, 2.75) is 38.1 Å². The van der Waals surface area contributed by atoms with Crippen LogP contribution in [0, 0.1) is 5.92 Å². The van der Waals surface area contributed by atoms with Gasteiger partial charge in [0, 0.05) is 35.6 Å². The van der Waals surface area contributed by atoms with Gasteiger partial charge in [-0.1, -0.05) is 19.1 Å². The minimum atomic E-state index is 0.715. The maximum Gasteiger partial charge on any atom is 0.0459 e. The van der Waals surface area contributed by atoms with Crippen LogP contribution >= 0.6 is 11.8 Å². The van der Waals surface area contributed by atoms with Crippen molar-refractivity contribution in [3.05, 3.63) is 35.5 Å². The van der Waals surface area contributed by atoms with Crippen molar-refractivity contribution in [1.82, 2.24) is 9.88 Å². The standard InChI is InChI=1S/C19H26N2S/c1-3-7-21-11-13(12-22-2)8-16-15-5-4-6-17-19(15)14(10-20-17)9-18(16)21/h4-6,10,13,16,18,20H,3,7-9,11-12H2,1-2H3/t13-,16?,18?/m1/s1. The van der Waals surface area contributed by atoms with Crippen LogP contribution in [0.4, 0.5) is 0 Å². The predicted octanol–water partition coefficient (Wildman–Crippen LogP) is 4.27. The minimum Gasteiger partial charge on any atom is -0.361 e. The van der Waals surface area contributed by atoms with Crippen molar-refractivity contribution in [3.63, 3.8) is 0 Å². The largest absolute Gasteiger partial charge is 0.361 e. The van der Waals surface area contributed by atoms with E-state index < -0.39 is 0 Å². The van der Waals surface area contributed by atoms with Gasteiger partial charge in [0.1, 0.15) is 0 Å². The number of thioether (sulfide) groups is 1. The average Bonchev–Trinajstić information content (AvgIpc) is 2.94. The number of nitrogens with one attached hydrogen (secondary N) is 1. The smallest absolute Gasteiger partial charge is 0.0459 e. The number of H-pyrrole nitrogens is 1. The van der Waals surface area contributed by atoms with E-state index in [1.54, 1.807) is 5.56 Å². The molecule has 0 bridgehead atoms. The minimum absolute atomic E-state index is 0.715. The fourth-order valence-electron chi connectivity index (χ4n) is 4.80. The molecule has 1 aromatic carbocycles. The van der Waals surface area contributed by atoms with Gasteiger partial charge in [0.05, 0.1) is 0 Å². The summed E-state index contributed by atoms with van der Waals surface area (Å²) in [5.74, 6) is 2.88. The molecule has 3 heteroatoms. The third-order valence-corrected chi connectivity index (χ3v) is 6.38. The molecule has 1 aromatic heterocycles. The first-order valence-electron chi connectivity index (χ1n) is 8.63. The van der Waals surface area contributed by atoms with E-state index >= 15 is 0 Å². The van der Waals surface area contributed by atoms with E-state index in [-0.39, 0.29) is 0 Å². The maximum absolute atomic E-state index is 3.49. The first-order chi connectivity index (χ1) is 10.8. The molecule has 1 aliphatic heterocycles. The lowest BCUT2D eigenvalue weighted by atomic mass is 9.72. The molecule has 0 saturated carbocycles. The summed E-state index contributed by atoms with van der Waals surface area (Å²) in [6.45, 7) is 4.87. The fourth-order valence-corrected chi connectivity index (χ4v) is 5.51. The van der Waals surface area contributed by atoms with Crippen LogP contribution in [0.15, 0.2) is 24.4 Å². The number of hydrogen-bond acceptors (Lipinski definition) is 2. The number of hydrogen-bond donors (Lipinski definition) is 1. The number of rotatable bonds is 4. The first kappa shape index (κ1) is 14.6. The Labute approximate surface area is 137 Å². The van der Waals surface area contributed by atoms with Crippen LogP contribution in [-0.4, -0.2) is 41.0 Å². The highest BCUT2D eigenvalue weighted by Gasteiger charge is 2.40. The molecule has 0 radical (unpaired) electrons. The monoisotopic (exact) mass is 314 g/mol. The van der Waals surface area contributed by atoms with Crippen molar-refractivity contribution < 1.29 is 0 Å². The number of aromatic nitrogens is 1. The molecule has 2 aromatic rings. The van der Waals surface area contributed by atoms with Crippen LogP contribution in [0.3, 0.4) is 0 Å². The summed E-state index contributed by atoms with van der Waals surface area (Å²) in [5.41, 5.74) is 4.48. The quantitative estimate of drug-likeness (QED) is 0.909. The Morgan fingerprint density at radius 2 is 2.27 bits per heavy atom. The lowest BCUT2D eigenvalue weighted by Crippen LogP contribution is -2.50. The number of benzene rings is 1. The number of piperidine rings is 1. The van der Waals surface area contributed by atoms with Crippen molar-refractivity contribution in [3.8, 4) is 0 Å². The molecule has 118 valence electrons. The molecule has 1 saturated heterocycles. The summed E-state index contributed by atoms with van der Waals surface area (Å²) in [7, 11) is 0. The summed E-state index contributed by atoms with van der Waals surface area (Å²) in [5, 5.41) is 1.53. The van der Waals surface area contributed by atoms with Crippen molar-refractivity contribution in [2.24, 2.45) is 5.92 Å². The molecule has 2 nitrogen and oxygen atoms in total. The normalized spacial score (nSPS) is 28.0. The zero-order chi connectivity index (χ0) is 15.1. The van der Waals surface area contributed by atoms with Crippen LogP contribution in [0.5, 0.6) is 0 Å². The van der Waals surface area contributed by atoms with Crippen LogP contribution in [0.25, 0.3) is 10.9 Å². The Hall–Kier alpha value is -0.930. The Kier molecular flexibility index (Phi) is 3.95. The number of nitrogens with zero attached hydrogens (tertiary/aromatic N) is 1. The van der Waals surface area contributed by atoms with Gasteiger partial charge in [-0.3, -0.25) is 4.90 Å². The van der Waals surface area contributed by atoms with Crippen molar-refractivity contribution >= 4 is 22.7 Å². The highest BCUT2D eigenvalue weighted by molar-refractivity contribution is 7.98. The number of fused-ring (bicyclic) bond motifs is 2. The van der Waals surface area contributed by atoms with E-state index in [1.165, 1.54) is 54.6 Å². The van der Waals surface area contributed by atoms with Gasteiger partial charge in [0.25, 0.3) is 0 Å². The number of likely N-dealkylation sites (tertiary alicyclic amines) is 1. The Balaban J connectivity index is 1.75. The van der Waals surface area contributed by atoms with Crippen molar-refractivity contribution in [2.75, 3.05) is 25.1 Å². The Morgan fingerprint density at radius 1 is 1.36 bits per heavy atom. The van der Waals surface area contributed by atoms with Gasteiger partial charge in [-0.25, -0.2) is 0 Å². The average molecular weight is 314 g/mol. The van der Waals surface area contributed by atoms with E-state index in [2.05, 4.69) is 47.5 Å².